The number of carbonyl (C=O) groups excluding carboxylic acids is 2. The van der Waals surface area contributed by atoms with Gasteiger partial charge >= 0.3 is 18.2 Å². The molecule has 172 valence electrons. The molecule has 1 aromatic rings. The number of carboxylic acid groups (broad SMARTS) is 1. The number of hydrogen-bond acceptors (Lipinski definition) is 4. The van der Waals surface area contributed by atoms with Crippen LogP contribution in [-0.4, -0.2) is 78.3 Å². The Balaban J connectivity index is 0.000000423. The highest BCUT2D eigenvalue weighted by Gasteiger charge is 2.38. The molecule has 2 heterocycles. The molecule has 3 amide bonds. The quantitative estimate of drug-likeness (QED) is 0.699. The molecule has 8 nitrogen and oxygen atoms in total. The zero-order valence-corrected chi connectivity index (χ0v) is 17.4. The van der Waals surface area contributed by atoms with Crippen LogP contribution in [0.2, 0.25) is 5.02 Å². The molecular formula is C19H24ClF3N4O4. The highest BCUT2D eigenvalue weighted by atomic mass is 35.5. The molecule has 0 bridgehead atoms. The van der Waals surface area contributed by atoms with Crippen LogP contribution in [0.25, 0.3) is 0 Å². The lowest BCUT2D eigenvalue weighted by Crippen LogP contribution is -2.53. The van der Waals surface area contributed by atoms with E-state index in [4.69, 9.17) is 27.2 Å². The van der Waals surface area contributed by atoms with E-state index in [1.165, 1.54) is 0 Å². The molecule has 1 aromatic carbocycles. The topological polar surface area (TPSA) is 107 Å². The van der Waals surface area contributed by atoms with Gasteiger partial charge in [0.25, 0.3) is 0 Å². The minimum atomic E-state index is -5.08. The Morgan fingerprint density at radius 3 is 2.13 bits per heavy atom. The summed E-state index contributed by atoms with van der Waals surface area (Å²) in [6, 6.07) is 7.34. The summed E-state index contributed by atoms with van der Waals surface area (Å²) in [4.78, 5) is 38.7. The molecule has 12 heteroatoms. The number of benzene rings is 1. The Morgan fingerprint density at radius 2 is 1.61 bits per heavy atom. The maximum Gasteiger partial charge on any atom is 0.490 e. The van der Waals surface area contributed by atoms with Gasteiger partial charge in [-0.2, -0.15) is 13.2 Å². The molecule has 1 unspecified atom stereocenters. The highest BCUT2D eigenvalue weighted by molar-refractivity contribution is 6.33. The Kier molecular flexibility index (Phi) is 8.37. The maximum atomic E-state index is 12.7. The molecule has 0 aromatic heterocycles. The summed E-state index contributed by atoms with van der Waals surface area (Å²) >= 11 is 6.25. The van der Waals surface area contributed by atoms with E-state index in [0.29, 0.717) is 26.2 Å². The number of anilines is 1. The van der Waals surface area contributed by atoms with E-state index in [0.717, 1.165) is 36.6 Å². The number of carbonyl (C=O) groups is 3. The van der Waals surface area contributed by atoms with Crippen LogP contribution >= 0.6 is 11.6 Å². The van der Waals surface area contributed by atoms with Crippen molar-refractivity contribution in [3.8, 4) is 0 Å². The Hall–Kier alpha value is -2.69. The van der Waals surface area contributed by atoms with Gasteiger partial charge in [0.15, 0.2) is 0 Å². The van der Waals surface area contributed by atoms with Crippen LogP contribution in [-0.2, 0) is 9.59 Å². The van der Waals surface area contributed by atoms with Crippen molar-refractivity contribution in [2.24, 2.45) is 11.7 Å². The second-order valence-electron chi connectivity index (χ2n) is 7.19. The number of carboxylic acids is 1. The average Bonchev–Trinajstić information content (AvgIpc) is 2.73. The first-order chi connectivity index (χ1) is 14.5. The number of para-hydroxylation sites is 1. The molecule has 3 rings (SSSR count). The van der Waals surface area contributed by atoms with Gasteiger partial charge in [-0.25, -0.2) is 9.59 Å². The van der Waals surface area contributed by atoms with Crippen LogP contribution in [0, 0.1) is 5.92 Å². The maximum absolute atomic E-state index is 12.7. The van der Waals surface area contributed by atoms with Crippen molar-refractivity contribution in [3.63, 3.8) is 0 Å². The van der Waals surface area contributed by atoms with E-state index in [9.17, 15) is 22.8 Å². The van der Waals surface area contributed by atoms with E-state index < -0.39 is 18.2 Å². The van der Waals surface area contributed by atoms with Gasteiger partial charge in [0.05, 0.1) is 16.6 Å². The van der Waals surface area contributed by atoms with Gasteiger partial charge in [-0.05, 0) is 25.0 Å². The summed E-state index contributed by atoms with van der Waals surface area (Å²) in [5.74, 6) is -2.75. The van der Waals surface area contributed by atoms with E-state index >= 15 is 0 Å². The number of amides is 3. The molecular weight excluding hydrogens is 441 g/mol. The summed E-state index contributed by atoms with van der Waals surface area (Å²) in [5, 5.41) is 7.86. The smallest absolute Gasteiger partial charge is 0.475 e. The number of nitrogens with zero attached hydrogens (tertiary/aromatic N) is 3. The van der Waals surface area contributed by atoms with E-state index in [1.807, 2.05) is 29.2 Å². The van der Waals surface area contributed by atoms with E-state index in [1.54, 1.807) is 4.90 Å². The minimum absolute atomic E-state index is 0.127. The Morgan fingerprint density at radius 1 is 1.03 bits per heavy atom. The van der Waals surface area contributed by atoms with Gasteiger partial charge in [-0.1, -0.05) is 23.7 Å². The second-order valence-corrected chi connectivity index (χ2v) is 7.60. The van der Waals surface area contributed by atoms with Gasteiger partial charge in [-0.3, -0.25) is 4.79 Å². The zero-order chi connectivity index (χ0) is 23.2. The molecule has 0 radical (unpaired) electrons. The lowest BCUT2D eigenvalue weighted by Gasteiger charge is -2.39. The van der Waals surface area contributed by atoms with Gasteiger partial charge < -0.3 is 25.5 Å². The fraction of sp³-hybridized carbons (Fsp3) is 0.526. The number of hydrogen-bond donors (Lipinski definition) is 2. The molecule has 1 atom stereocenters. The first kappa shape index (κ1) is 24.6. The molecule has 31 heavy (non-hydrogen) atoms. The first-order valence-corrected chi connectivity index (χ1v) is 10.0. The fourth-order valence-corrected chi connectivity index (χ4v) is 3.77. The number of likely N-dealkylation sites (tertiary alicyclic amines) is 1. The van der Waals surface area contributed by atoms with Crippen molar-refractivity contribution in [2.45, 2.75) is 19.0 Å². The van der Waals surface area contributed by atoms with Crippen LogP contribution < -0.4 is 10.6 Å². The molecule has 2 aliphatic rings. The van der Waals surface area contributed by atoms with E-state index in [-0.39, 0.29) is 11.8 Å². The van der Waals surface area contributed by atoms with Crippen molar-refractivity contribution >= 4 is 35.2 Å². The largest absolute Gasteiger partial charge is 0.490 e. The van der Waals surface area contributed by atoms with Crippen LogP contribution in [0.1, 0.15) is 12.8 Å². The van der Waals surface area contributed by atoms with Crippen LogP contribution in [0.15, 0.2) is 24.3 Å². The number of piperidine rings is 1. The lowest BCUT2D eigenvalue weighted by atomic mass is 9.96. The van der Waals surface area contributed by atoms with Crippen molar-refractivity contribution in [2.75, 3.05) is 44.2 Å². The predicted octanol–water partition coefficient (Wildman–Crippen LogP) is 2.41. The number of nitrogens with two attached hydrogens (primary N) is 1. The number of urea groups is 1. The Bertz CT molecular complexity index is 801. The van der Waals surface area contributed by atoms with Crippen molar-refractivity contribution < 1.29 is 32.7 Å². The SMILES string of the molecule is NC(=O)N1CCCC(C(=O)N2CCN(c3ccccc3Cl)CC2)C1.O=C(O)C(F)(F)F. The monoisotopic (exact) mass is 464 g/mol. The third kappa shape index (κ3) is 6.91. The van der Waals surface area contributed by atoms with Crippen molar-refractivity contribution in [3.05, 3.63) is 29.3 Å². The third-order valence-electron chi connectivity index (χ3n) is 5.11. The van der Waals surface area contributed by atoms with Gasteiger partial charge in [0.2, 0.25) is 5.91 Å². The summed E-state index contributed by atoms with van der Waals surface area (Å²) in [6.45, 7) is 3.98. The normalized spacial score (nSPS) is 19.4. The molecule has 0 spiro atoms. The first-order valence-electron chi connectivity index (χ1n) is 9.63. The van der Waals surface area contributed by atoms with Crippen LogP contribution in [0.3, 0.4) is 0 Å². The van der Waals surface area contributed by atoms with Crippen molar-refractivity contribution in [1.82, 2.24) is 9.80 Å². The standard InChI is InChI=1S/C17H23ClN4O2.C2HF3O2/c18-14-5-1-2-6-15(14)20-8-10-21(11-9-20)16(23)13-4-3-7-22(12-13)17(19)24;3-2(4,5)1(6)7/h1-2,5-6,13H,3-4,7-12H2,(H2,19,24);(H,6,7). The number of piperazine rings is 1. The lowest BCUT2D eigenvalue weighted by molar-refractivity contribution is -0.192. The fourth-order valence-electron chi connectivity index (χ4n) is 3.51. The number of alkyl halides is 3. The summed E-state index contributed by atoms with van der Waals surface area (Å²) in [5.41, 5.74) is 6.37. The predicted molar refractivity (Wildman–Crippen MR) is 108 cm³/mol. The number of primary amides is 1. The Labute approximate surface area is 182 Å². The molecule has 2 fully saturated rings. The van der Waals surface area contributed by atoms with Gasteiger partial charge in [0.1, 0.15) is 0 Å². The molecule has 3 N–H and O–H groups in total. The summed E-state index contributed by atoms with van der Waals surface area (Å²) in [6.07, 6.45) is -3.42. The summed E-state index contributed by atoms with van der Waals surface area (Å²) < 4.78 is 31.7. The third-order valence-corrected chi connectivity index (χ3v) is 5.43. The molecule has 0 saturated carbocycles. The zero-order valence-electron chi connectivity index (χ0n) is 16.6. The van der Waals surface area contributed by atoms with Crippen LogP contribution in [0.4, 0.5) is 23.7 Å². The van der Waals surface area contributed by atoms with Crippen molar-refractivity contribution in [1.29, 1.82) is 0 Å². The average molecular weight is 465 g/mol. The van der Waals surface area contributed by atoms with Gasteiger partial charge in [0, 0.05) is 39.3 Å². The van der Waals surface area contributed by atoms with E-state index in [2.05, 4.69) is 4.90 Å². The van der Waals surface area contributed by atoms with Crippen LogP contribution in [0.5, 0.6) is 0 Å². The number of halogens is 4. The number of rotatable bonds is 2. The highest BCUT2D eigenvalue weighted by Crippen LogP contribution is 2.27. The minimum Gasteiger partial charge on any atom is -0.475 e. The molecule has 0 aliphatic carbocycles. The molecule has 2 saturated heterocycles. The second kappa shape index (κ2) is 10.6. The number of aliphatic carboxylic acids is 1. The molecule has 2 aliphatic heterocycles. The van der Waals surface area contributed by atoms with Gasteiger partial charge in [-0.15, -0.1) is 0 Å². The summed E-state index contributed by atoms with van der Waals surface area (Å²) in [7, 11) is 0.